The normalized spacial score (nSPS) is 36.9. The number of fused-ring (bicyclic) bond motifs is 1. The third-order valence-corrected chi connectivity index (χ3v) is 2.63. The Balaban J connectivity index is 1.95. The molecular formula is C8H8Cl2O6. The van der Waals surface area contributed by atoms with Gasteiger partial charge >= 0.3 is 10.9 Å². The van der Waals surface area contributed by atoms with E-state index in [9.17, 15) is 9.59 Å². The highest BCUT2D eigenvalue weighted by Crippen LogP contribution is 2.31. The van der Waals surface area contributed by atoms with Gasteiger partial charge in [0.15, 0.2) is 12.2 Å². The Kier molecular flexibility index (Phi) is 3.53. The van der Waals surface area contributed by atoms with Crippen molar-refractivity contribution >= 4 is 34.1 Å². The van der Waals surface area contributed by atoms with Crippen LogP contribution < -0.4 is 0 Å². The summed E-state index contributed by atoms with van der Waals surface area (Å²) in [6.07, 6.45) is -2.09. The second kappa shape index (κ2) is 4.75. The number of ether oxygens (including phenoxy) is 4. The molecule has 6 nitrogen and oxygen atoms in total. The van der Waals surface area contributed by atoms with Crippen LogP contribution in [0.2, 0.25) is 0 Å². The molecule has 2 rings (SSSR count). The van der Waals surface area contributed by atoms with E-state index in [1.807, 2.05) is 0 Å². The number of rotatable bonds is 2. The van der Waals surface area contributed by atoms with E-state index in [1.165, 1.54) is 0 Å². The van der Waals surface area contributed by atoms with Crippen molar-refractivity contribution in [3.8, 4) is 0 Å². The lowest BCUT2D eigenvalue weighted by Crippen LogP contribution is -2.34. The Labute approximate surface area is 101 Å². The first kappa shape index (κ1) is 11.9. The van der Waals surface area contributed by atoms with Crippen LogP contribution in [0.3, 0.4) is 0 Å². The van der Waals surface area contributed by atoms with Gasteiger partial charge in [-0.15, -0.1) is 0 Å². The third-order valence-electron chi connectivity index (χ3n) is 2.45. The fourth-order valence-electron chi connectivity index (χ4n) is 1.87. The van der Waals surface area contributed by atoms with Crippen molar-refractivity contribution < 1.29 is 28.5 Å². The zero-order valence-electron chi connectivity index (χ0n) is 7.93. The van der Waals surface area contributed by atoms with Crippen molar-refractivity contribution in [2.75, 3.05) is 13.2 Å². The van der Waals surface area contributed by atoms with Crippen LogP contribution in [0.4, 0.5) is 9.59 Å². The van der Waals surface area contributed by atoms with Crippen LogP contribution in [0.1, 0.15) is 0 Å². The summed E-state index contributed by atoms with van der Waals surface area (Å²) in [6.45, 7) is 0.314. The van der Waals surface area contributed by atoms with Gasteiger partial charge in [-0.2, -0.15) is 0 Å². The molecule has 2 heterocycles. The van der Waals surface area contributed by atoms with Gasteiger partial charge in [0.05, 0.1) is 13.2 Å². The smallest absolute Gasteiger partial charge is 0.404 e. The molecule has 4 atom stereocenters. The molecule has 0 aromatic rings. The van der Waals surface area contributed by atoms with Gasteiger partial charge in [0.2, 0.25) is 0 Å². The minimum atomic E-state index is -0.921. The SMILES string of the molecule is O=C(Cl)O[C@H]1CO[C@H]2[C@@H]1OC[C@H]2OC(=O)Cl. The van der Waals surface area contributed by atoms with Crippen molar-refractivity contribution in [3.63, 3.8) is 0 Å². The first-order valence-corrected chi connectivity index (χ1v) is 5.29. The summed E-state index contributed by atoms with van der Waals surface area (Å²) in [6, 6.07) is 0. The molecular weight excluding hydrogens is 263 g/mol. The van der Waals surface area contributed by atoms with Crippen molar-refractivity contribution in [1.82, 2.24) is 0 Å². The summed E-state index contributed by atoms with van der Waals surface area (Å²) in [7, 11) is 0. The quantitative estimate of drug-likeness (QED) is 0.704. The van der Waals surface area contributed by atoms with Crippen molar-refractivity contribution in [1.29, 1.82) is 0 Å². The zero-order valence-corrected chi connectivity index (χ0v) is 9.44. The van der Waals surface area contributed by atoms with E-state index < -0.39 is 35.3 Å². The first-order valence-electron chi connectivity index (χ1n) is 4.53. The predicted octanol–water partition coefficient (Wildman–Crippen LogP) is 1.27. The van der Waals surface area contributed by atoms with Crippen LogP contribution in [0.25, 0.3) is 0 Å². The highest BCUT2D eigenvalue weighted by atomic mass is 35.5. The second-order valence-electron chi connectivity index (χ2n) is 3.38. The Bertz CT molecular complexity index is 279. The Morgan fingerprint density at radius 2 is 1.31 bits per heavy atom. The van der Waals surface area contributed by atoms with Crippen LogP contribution in [0, 0.1) is 0 Å². The van der Waals surface area contributed by atoms with Gasteiger partial charge in [0.1, 0.15) is 12.2 Å². The molecule has 0 aromatic heterocycles. The fourth-order valence-corrected chi connectivity index (χ4v) is 2.10. The lowest BCUT2D eigenvalue weighted by molar-refractivity contribution is -0.00291. The maximum absolute atomic E-state index is 10.6. The highest BCUT2D eigenvalue weighted by Gasteiger charge is 2.51. The summed E-state index contributed by atoms with van der Waals surface area (Å²) in [5.41, 5.74) is -1.84. The largest absolute Gasteiger partial charge is 0.445 e. The van der Waals surface area contributed by atoms with E-state index in [1.54, 1.807) is 0 Å². The van der Waals surface area contributed by atoms with Gasteiger partial charge in [-0.25, -0.2) is 9.59 Å². The summed E-state index contributed by atoms with van der Waals surface area (Å²) in [4.78, 5) is 21.1. The molecule has 2 aliphatic rings. The topological polar surface area (TPSA) is 71.1 Å². The van der Waals surface area contributed by atoms with Gasteiger partial charge in [0, 0.05) is 23.2 Å². The maximum Gasteiger partial charge on any atom is 0.404 e. The van der Waals surface area contributed by atoms with Crippen LogP contribution in [0.15, 0.2) is 0 Å². The molecule has 2 fully saturated rings. The van der Waals surface area contributed by atoms with Crippen molar-refractivity contribution in [2.24, 2.45) is 0 Å². The van der Waals surface area contributed by atoms with Gasteiger partial charge in [0.25, 0.3) is 0 Å². The Morgan fingerprint density at radius 1 is 0.938 bits per heavy atom. The average Bonchev–Trinajstić information content (AvgIpc) is 2.70. The minimum Gasteiger partial charge on any atom is -0.445 e. The molecule has 0 radical (unpaired) electrons. The monoisotopic (exact) mass is 270 g/mol. The molecule has 0 saturated carbocycles. The highest BCUT2D eigenvalue weighted by molar-refractivity contribution is 6.61. The lowest BCUT2D eigenvalue weighted by Gasteiger charge is -2.15. The molecule has 0 N–H and O–H groups in total. The molecule has 0 aliphatic carbocycles. The molecule has 2 saturated heterocycles. The molecule has 90 valence electrons. The first-order chi connectivity index (χ1) is 7.58. The fraction of sp³-hybridized carbons (Fsp3) is 0.750. The molecule has 16 heavy (non-hydrogen) atoms. The molecule has 0 spiro atoms. The second-order valence-corrected chi connectivity index (χ2v) is 4.00. The minimum absolute atomic E-state index is 0.157. The van der Waals surface area contributed by atoms with Crippen LogP contribution in [-0.4, -0.2) is 48.5 Å². The summed E-state index contributed by atoms with van der Waals surface area (Å²) < 4.78 is 20.2. The van der Waals surface area contributed by atoms with Crippen molar-refractivity contribution in [3.05, 3.63) is 0 Å². The van der Waals surface area contributed by atoms with E-state index in [-0.39, 0.29) is 13.2 Å². The number of carbonyl (C=O) groups excluding carboxylic acids is 2. The van der Waals surface area contributed by atoms with E-state index in [4.69, 9.17) is 42.1 Å². The van der Waals surface area contributed by atoms with Gasteiger partial charge in [-0.3, -0.25) is 0 Å². The predicted molar refractivity (Wildman–Crippen MR) is 51.7 cm³/mol. The molecule has 0 aromatic carbocycles. The van der Waals surface area contributed by atoms with Gasteiger partial charge in [-0.05, 0) is 0 Å². The summed E-state index contributed by atoms with van der Waals surface area (Å²) >= 11 is 10.2. The van der Waals surface area contributed by atoms with Crippen LogP contribution >= 0.6 is 23.2 Å². The molecule has 8 heteroatoms. The van der Waals surface area contributed by atoms with E-state index in [0.29, 0.717) is 0 Å². The van der Waals surface area contributed by atoms with Crippen LogP contribution in [0.5, 0.6) is 0 Å². The third kappa shape index (κ3) is 2.40. The van der Waals surface area contributed by atoms with Crippen LogP contribution in [-0.2, 0) is 18.9 Å². The van der Waals surface area contributed by atoms with E-state index >= 15 is 0 Å². The Hall–Kier alpha value is -0.560. The maximum atomic E-state index is 10.6. The summed E-state index contributed by atoms with van der Waals surface area (Å²) in [5.74, 6) is 0. The Morgan fingerprint density at radius 3 is 1.62 bits per heavy atom. The number of halogens is 2. The molecule has 0 amide bonds. The average molecular weight is 271 g/mol. The summed E-state index contributed by atoms with van der Waals surface area (Å²) in [5, 5.41) is 0. The lowest BCUT2D eigenvalue weighted by atomic mass is 10.1. The molecule has 0 unspecified atom stereocenters. The van der Waals surface area contributed by atoms with Crippen molar-refractivity contribution in [2.45, 2.75) is 24.4 Å². The molecule has 2 aliphatic heterocycles. The number of carbonyl (C=O) groups is 2. The van der Waals surface area contributed by atoms with Gasteiger partial charge in [-0.1, -0.05) is 0 Å². The van der Waals surface area contributed by atoms with E-state index in [2.05, 4.69) is 0 Å². The molecule has 0 bridgehead atoms. The number of hydrogen-bond acceptors (Lipinski definition) is 6. The zero-order chi connectivity index (χ0) is 11.7. The standard InChI is InChI=1S/C8H8Cl2O6/c9-7(11)15-3-1-13-6-4(16-8(10)12)2-14-5(3)6/h3-6H,1-2H2/t3-,4+,5-,6-/m1/s1. The van der Waals surface area contributed by atoms with E-state index in [0.717, 1.165) is 0 Å². The number of hydrogen-bond donors (Lipinski definition) is 0. The van der Waals surface area contributed by atoms with Gasteiger partial charge < -0.3 is 18.9 Å².